The molecule has 188 valence electrons. The molecule has 0 N–H and O–H groups in total. The highest BCUT2D eigenvalue weighted by molar-refractivity contribution is 7.98. The van der Waals surface area contributed by atoms with Crippen LogP contribution in [0.25, 0.3) is 0 Å². The van der Waals surface area contributed by atoms with E-state index < -0.39 is 0 Å². The topological polar surface area (TPSA) is 82.1 Å². The Labute approximate surface area is 215 Å². The van der Waals surface area contributed by atoms with E-state index >= 15 is 0 Å². The summed E-state index contributed by atoms with van der Waals surface area (Å²) in [5.74, 6) is 1.52. The molecule has 2 fully saturated rings. The number of aromatic nitrogens is 2. The molecular weight excluding hydrogens is 488 g/mol. The maximum Gasteiger partial charge on any atom is 0.409 e. The van der Waals surface area contributed by atoms with Gasteiger partial charge in [0.1, 0.15) is 11.0 Å². The number of likely N-dealkylation sites (N-methyl/N-ethyl adjacent to an activating group) is 1. The molecule has 2 aliphatic rings. The molecule has 0 saturated carbocycles. The van der Waals surface area contributed by atoms with Crippen LogP contribution in [0.1, 0.15) is 22.8 Å². The van der Waals surface area contributed by atoms with Crippen molar-refractivity contribution >= 4 is 41.2 Å². The number of nitrogens with zero attached hydrogens (tertiary/aromatic N) is 6. The van der Waals surface area contributed by atoms with Gasteiger partial charge in [0.25, 0.3) is 5.91 Å². The van der Waals surface area contributed by atoms with Crippen molar-refractivity contribution < 1.29 is 14.3 Å². The van der Waals surface area contributed by atoms with Gasteiger partial charge in [-0.1, -0.05) is 35.5 Å². The van der Waals surface area contributed by atoms with Crippen LogP contribution in [0.5, 0.6) is 0 Å². The molecule has 0 radical (unpaired) electrons. The van der Waals surface area contributed by atoms with Gasteiger partial charge in [0.2, 0.25) is 0 Å². The molecule has 2 saturated heterocycles. The van der Waals surface area contributed by atoms with Crippen molar-refractivity contribution in [1.29, 1.82) is 0 Å². The van der Waals surface area contributed by atoms with E-state index in [2.05, 4.69) is 21.8 Å². The molecule has 4 rings (SSSR count). The van der Waals surface area contributed by atoms with Gasteiger partial charge in [-0.3, -0.25) is 4.79 Å². The summed E-state index contributed by atoms with van der Waals surface area (Å²) in [6, 6.07) is 9.45. The molecule has 0 bridgehead atoms. The Balaban J connectivity index is 1.30. The fourth-order valence-corrected chi connectivity index (χ4v) is 5.07. The Morgan fingerprint density at radius 1 is 0.971 bits per heavy atom. The smallest absolute Gasteiger partial charge is 0.409 e. The summed E-state index contributed by atoms with van der Waals surface area (Å²) in [6.07, 6.45) is -0.319. The first-order valence-electron chi connectivity index (χ1n) is 11.8. The van der Waals surface area contributed by atoms with Crippen molar-refractivity contribution in [3.05, 3.63) is 46.6 Å². The lowest BCUT2D eigenvalue weighted by Gasteiger charge is -2.34. The predicted octanol–water partition coefficient (Wildman–Crippen LogP) is 3.09. The van der Waals surface area contributed by atoms with Crippen molar-refractivity contribution in [2.75, 3.05) is 70.9 Å². The van der Waals surface area contributed by atoms with Crippen LogP contribution in [0.3, 0.4) is 0 Å². The fourth-order valence-electron chi connectivity index (χ4n) is 4.03. The molecule has 0 unspecified atom stereocenters. The van der Waals surface area contributed by atoms with Gasteiger partial charge in [0, 0.05) is 69.7 Å². The maximum absolute atomic E-state index is 12.9. The number of rotatable bonds is 6. The molecule has 11 heteroatoms. The Morgan fingerprint density at radius 2 is 1.63 bits per heavy atom. The van der Waals surface area contributed by atoms with E-state index in [1.54, 1.807) is 16.7 Å². The molecule has 2 amide bonds. The molecule has 1 aromatic heterocycles. The summed E-state index contributed by atoms with van der Waals surface area (Å²) in [4.78, 5) is 41.8. The quantitative estimate of drug-likeness (QED) is 0.328. The van der Waals surface area contributed by atoms with E-state index in [1.165, 1.54) is 11.8 Å². The normalized spacial score (nSPS) is 16.9. The van der Waals surface area contributed by atoms with Crippen LogP contribution >= 0.6 is 23.4 Å². The second-order valence-electron chi connectivity index (χ2n) is 8.59. The highest BCUT2D eigenvalue weighted by Gasteiger charge is 2.25. The number of piperazine rings is 2. The number of hydrogen-bond donors (Lipinski definition) is 0. The van der Waals surface area contributed by atoms with Gasteiger partial charge in [-0.2, -0.15) is 0 Å². The van der Waals surface area contributed by atoms with Crippen molar-refractivity contribution in [3.8, 4) is 0 Å². The molecule has 9 nitrogen and oxygen atoms in total. The first-order chi connectivity index (χ1) is 16.9. The minimum Gasteiger partial charge on any atom is -0.450 e. The summed E-state index contributed by atoms with van der Waals surface area (Å²) in [5, 5.41) is 1.09. The summed E-state index contributed by atoms with van der Waals surface area (Å²) >= 11 is 7.81. The van der Waals surface area contributed by atoms with Crippen LogP contribution in [0.15, 0.2) is 35.5 Å². The summed E-state index contributed by atoms with van der Waals surface area (Å²) in [6.45, 7) is 7.92. The fraction of sp³-hybridized carbons (Fsp3) is 0.500. The van der Waals surface area contributed by atoms with E-state index in [9.17, 15) is 9.59 Å². The molecule has 0 atom stereocenters. The minimum absolute atomic E-state index is 0.0253. The highest BCUT2D eigenvalue weighted by atomic mass is 35.5. The SMILES string of the molecule is CCOC(=O)N1CCN(C(=O)c2ccc(CSc3nc(Cl)cc(N4CCN(C)CC4)n3)cc2)CC1. The Kier molecular flexibility index (Phi) is 8.69. The third-order valence-corrected chi connectivity index (χ3v) is 7.26. The third-order valence-electron chi connectivity index (χ3n) is 6.15. The van der Waals surface area contributed by atoms with Crippen LogP contribution < -0.4 is 4.90 Å². The zero-order valence-corrected chi connectivity index (χ0v) is 21.7. The highest BCUT2D eigenvalue weighted by Crippen LogP contribution is 2.25. The minimum atomic E-state index is -0.319. The number of anilines is 1. The summed E-state index contributed by atoms with van der Waals surface area (Å²) in [5.41, 5.74) is 1.71. The first-order valence-corrected chi connectivity index (χ1v) is 13.2. The van der Waals surface area contributed by atoms with Crippen molar-refractivity contribution in [3.63, 3.8) is 0 Å². The third kappa shape index (κ3) is 6.77. The van der Waals surface area contributed by atoms with Gasteiger partial charge in [0.15, 0.2) is 5.16 Å². The van der Waals surface area contributed by atoms with Gasteiger partial charge in [-0.05, 0) is 31.7 Å². The van der Waals surface area contributed by atoms with Crippen LogP contribution in [0.4, 0.5) is 10.6 Å². The van der Waals surface area contributed by atoms with Gasteiger partial charge >= 0.3 is 6.09 Å². The maximum atomic E-state index is 12.9. The van der Waals surface area contributed by atoms with E-state index in [0.717, 1.165) is 37.6 Å². The van der Waals surface area contributed by atoms with Gasteiger partial charge in [-0.15, -0.1) is 0 Å². The van der Waals surface area contributed by atoms with Crippen LogP contribution in [-0.4, -0.2) is 103 Å². The van der Waals surface area contributed by atoms with Crippen LogP contribution in [0, 0.1) is 0 Å². The van der Waals surface area contributed by atoms with Gasteiger partial charge < -0.3 is 24.3 Å². The molecule has 35 heavy (non-hydrogen) atoms. The standard InChI is InChI=1S/C24H31ClN6O3S/c1-3-34-24(33)31-14-12-30(13-15-31)22(32)19-6-4-18(5-7-19)17-35-23-26-20(25)16-21(27-23)29-10-8-28(2)9-11-29/h4-7,16H,3,8-15,17H2,1-2H3. The lowest BCUT2D eigenvalue weighted by Crippen LogP contribution is -2.50. The van der Waals surface area contributed by atoms with Gasteiger partial charge in [0.05, 0.1) is 6.61 Å². The van der Waals surface area contributed by atoms with Crippen molar-refractivity contribution in [1.82, 2.24) is 24.7 Å². The lowest BCUT2D eigenvalue weighted by molar-refractivity contribution is 0.0570. The predicted molar refractivity (Wildman–Crippen MR) is 137 cm³/mol. The number of ether oxygens (including phenoxy) is 1. The van der Waals surface area contributed by atoms with E-state index in [0.29, 0.717) is 54.4 Å². The van der Waals surface area contributed by atoms with Crippen LogP contribution in [0.2, 0.25) is 5.15 Å². The summed E-state index contributed by atoms with van der Waals surface area (Å²) < 4.78 is 5.04. The number of thioether (sulfide) groups is 1. The molecule has 1 aromatic carbocycles. The number of amides is 2. The molecule has 3 heterocycles. The monoisotopic (exact) mass is 518 g/mol. The van der Waals surface area contributed by atoms with Crippen LogP contribution in [-0.2, 0) is 10.5 Å². The van der Waals surface area contributed by atoms with E-state index in [4.69, 9.17) is 21.3 Å². The second-order valence-corrected chi connectivity index (χ2v) is 9.92. The lowest BCUT2D eigenvalue weighted by atomic mass is 10.1. The zero-order valence-electron chi connectivity index (χ0n) is 20.2. The molecule has 0 aliphatic carbocycles. The molecule has 2 aromatic rings. The average Bonchev–Trinajstić information content (AvgIpc) is 2.88. The number of benzene rings is 1. The van der Waals surface area contributed by atoms with Crippen molar-refractivity contribution in [2.24, 2.45) is 0 Å². The number of hydrogen-bond acceptors (Lipinski definition) is 8. The number of halogens is 1. The Hall–Kier alpha value is -2.56. The number of carbonyl (C=O) groups is 2. The van der Waals surface area contributed by atoms with E-state index in [-0.39, 0.29) is 12.0 Å². The second kappa shape index (κ2) is 11.9. The van der Waals surface area contributed by atoms with Gasteiger partial charge in [-0.25, -0.2) is 14.8 Å². The average molecular weight is 519 g/mol. The molecule has 2 aliphatic heterocycles. The van der Waals surface area contributed by atoms with E-state index in [1.807, 2.05) is 30.3 Å². The molecule has 0 spiro atoms. The number of carbonyl (C=O) groups excluding carboxylic acids is 2. The van der Waals surface area contributed by atoms with Crippen molar-refractivity contribution in [2.45, 2.75) is 17.8 Å². The Morgan fingerprint density at radius 3 is 2.29 bits per heavy atom. The largest absolute Gasteiger partial charge is 0.450 e. The first kappa shape index (κ1) is 25.5. The summed E-state index contributed by atoms with van der Waals surface area (Å²) in [7, 11) is 2.12. The zero-order chi connectivity index (χ0) is 24.8. The molecular formula is C24H31ClN6O3S. The Bertz CT molecular complexity index is 1020.